The van der Waals surface area contributed by atoms with Gasteiger partial charge in [-0.15, -0.1) is 0 Å². The monoisotopic (exact) mass is 549 g/mol. The summed E-state index contributed by atoms with van der Waals surface area (Å²) in [6.07, 6.45) is 4.96. The van der Waals surface area contributed by atoms with Crippen molar-refractivity contribution in [1.82, 2.24) is 14.7 Å². The van der Waals surface area contributed by atoms with Gasteiger partial charge in [0.15, 0.2) is 5.15 Å². The number of esters is 1. The zero-order valence-electron chi connectivity index (χ0n) is 23.6. The van der Waals surface area contributed by atoms with E-state index >= 15 is 0 Å². The van der Waals surface area contributed by atoms with E-state index in [0.717, 1.165) is 74.0 Å². The number of nitrogens with zero attached hydrogens (tertiary/aromatic N) is 3. The molecule has 0 amide bonds. The van der Waals surface area contributed by atoms with Crippen LogP contribution in [0.25, 0.3) is 16.5 Å². The SMILES string of the molecule is CCOC(=O)C1CCCN(CC2=C(C)c3ccc(OCc4ccc5c(c4)c(Cl)nn5C(C)C)cc3CC2)CC1. The van der Waals surface area contributed by atoms with Crippen molar-refractivity contribution in [2.75, 3.05) is 26.2 Å². The van der Waals surface area contributed by atoms with Crippen LogP contribution in [0.5, 0.6) is 5.75 Å². The van der Waals surface area contributed by atoms with Gasteiger partial charge < -0.3 is 9.47 Å². The Kier molecular flexibility index (Phi) is 8.63. The summed E-state index contributed by atoms with van der Waals surface area (Å²) >= 11 is 6.42. The molecule has 39 heavy (non-hydrogen) atoms. The summed E-state index contributed by atoms with van der Waals surface area (Å²) in [5.74, 6) is 0.921. The Labute approximate surface area is 236 Å². The van der Waals surface area contributed by atoms with Crippen LogP contribution in [0.2, 0.25) is 5.15 Å². The maximum Gasteiger partial charge on any atom is 0.308 e. The van der Waals surface area contributed by atoms with E-state index < -0.39 is 0 Å². The molecule has 208 valence electrons. The minimum absolute atomic E-state index is 0.0223. The van der Waals surface area contributed by atoms with Gasteiger partial charge in [0.2, 0.25) is 0 Å². The second-order valence-electron chi connectivity index (χ2n) is 11.2. The molecule has 1 atom stereocenters. The maximum absolute atomic E-state index is 12.2. The fraction of sp³-hybridized carbons (Fsp3) is 0.500. The van der Waals surface area contributed by atoms with Crippen LogP contribution in [0.3, 0.4) is 0 Å². The summed E-state index contributed by atoms with van der Waals surface area (Å²) in [6.45, 7) is 12.3. The molecule has 0 radical (unpaired) electrons. The first-order valence-electron chi connectivity index (χ1n) is 14.3. The molecule has 0 bridgehead atoms. The number of aromatic nitrogens is 2. The molecule has 2 aliphatic rings. The minimum atomic E-state index is -0.0223. The third kappa shape index (κ3) is 6.17. The second kappa shape index (κ2) is 12.1. The molecule has 0 N–H and O–H groups in total. The van der Waals surface area contributed by atoms with Crippen LogP contribution in [0, 0.1) is 5.92 Å². The topological polar surface area (TPSA) is 56.6 Å². The number of hydrogen-bond acceptors (Lipinski definition) is 5. The van der Waals surface area contributed by atoms with Crippen LogP contribution in [0.15, 0.2) is 42.0 Å². The molecule has 7 heteroatoms. The van der Waals surface area contributed by atoms with Gasteiger partial charge >= 0.3 is 5.97 Å². The van der Waals surface area contributed by atoms with Crippen molar-refractivity contribution >= 4 is 34.0 Å². The third-order valence-corrected chi connectivity index (χ3v) is 8.46. The summed E-state index contributed by atoms with van der Waals surface area (Å²) in [5.41, 5.74) is 7.70. The quantitative estimate of drug-likeness (QED) is 0.277. The van der Waals surface area contributed by atoms with Crippen molar-refractivity contribution in [2.45, 2.75) is 72.4 Å². The van der Waals surface area contributed by atoms with Gasteiger partial charge in [-0.2, -0.15) is 5.10 Å². The highest BCUT2D eigenvalue weighted by Gasteiger charge is 2.25. The van der Waals surface area contributed by atoms with Crippen molar-refractivity contribution in [2.24, 2.45) is 5.92 Å². The lowest BCUT2D eigenvalue weighted by Crippen LogP contribution is -2.29. The van der Waals surface area contributed by atoms with Gasteiger partial charge in [0.05, 0.1) is 18.0 Å². The van der Waals surface area contributed by atoms with E-state index in [1.54, 1.807) is 0 Å². The highest BCUT2D eigenvalue weighted by Crippen LogP contribution is 2.35. The number of benzene rings is 2. The number of ether oxygens (including phenoxy) is 2. The van der Waals surface area contributed by atoms with E-state index in [1.807, 2.05) is 11.6 Å². The number of halogens is 1. The molecule has 3 aromatic rings. The average molecular weight is 550 g/mol. The molecule has 0 saturated carbocycles. The molecular formula is C32H40ClN3O3. The summed E-state index contributed by atoms with van der Waals surface area (Å²) in [5, 5.41) is 5.98. The first-order valence-corrected chi connectivity index (χ1v) is 14.7. The fourth-order valence-electron chi connectivity index (χ4n) is 5.97. The lowest BCUT2D eigenvalue weighted by atomic mass is 9.86. The van der Waals surface area contributed by atoms with E-state index in [0.29, 0.717) is 18.4 Å². The Hall–Kier alpha value is -2.83. The second-order valence-corrected chi connectivity index (χ2v) is 11.5. The van der Waals surface area contributed by atoms with Gasteiger partial charge in [-0.3, -0.25) is 14.4 Å². The van der Waals surface area contributed by atoms with Crippen LogP contribution in [0.4, 0.5) is 0 Å². The van der Waals surface area contributed by atoms with Crippen molar-refractivity contribution in [1.29, 1.82) is 0 Å². The number of rotatable bonds is 8. The lowest BCUT2D eigenvalue weighted by Gasteiger charge is -2.27. The highest BCUT2D eigenvalue weighted by molar-refractivity contribution is 6.34. The Morgan fingerprint density at radius 3 is 2.77 bits per heavy atom. The third-order valence-electron chi connectivity index (χ3n) is 8.18. The van der Waals surface area contributed by atoms with Crippen LogP contribution < -0.4 is 4.74 Å². The first kappa shape index (κ1) is 27.7. The number of fused-ring (bicyclic) bond motifs is 2. The average Bonchev–Trinajstić information content (AvgIpc) is 3.09. The van der Waals surface area contributed by atoms with Gasteiger partial charge in [-0.05, 0) is 119 Å². The maximum atomic E-state index is 12.2. The number of carbonyl (C=O) groups is 1. The molecule has 5 rings (SSSR count). The van der Waals surface area contributed by atoms with E-state index in [2.05, 4.69) is 67.2 Å². The van der Waals surface area contributed by atoms with E-state index in [4.69, 9.17) is 21.1 Å². The van der Waals surface area contributed by atoms with Gasteiger partial charge in [0, 0.05) is 18.0 Å². The molecule has 2 aromatic carbocycles. The zero-order valence-corrected chi connectivity index (χ0v) is 24.4. The van der Waals surface area contributed by atoms with Crippen LogP contribution in [0.1, 0.15) is 76.1 Å². The molecule has 0 spiro atoms. The first-order chi connectivity index (χ1) is 18.8. The highest BCUT2D eigenvalue weighted by atomic mass is 35.5. The van der Waals surface area contributed by atoms with Gasteiger partial charge in [-0.25, -0.2) is 0 Å². The van der Waals surface area contributed by atoms with Crippen LogP contribution in [-0.2, 0) is 22.6 Å². The van der Waals surface area contributed by atoms with Gasteiger partial charge in [-0.1, -0.05) is 29.3 Å². The summed E-state index contributed by atoms with van der Waals surface area (Å²) in [6, 6.07) is 13.0. The van der Waals surface area contributed by atoms with Crippen molar-refractivity contribution in [3.8, 4) is 5.75 Å². The standard InChI is InChI=1S/C32H40ClN3O3/c1-5-38-32(37)24-7-6-15-35(16-14-24)19-26-10-9-25-18-27(11-12-28(25)22(26)4)39-20-23-8-13-30-29(17-23)31(33)34-36(30)21(2)3/h8,11-13,17-18,21,24H,5-7,9-10,14-16,19-20H2,1-4H3. The number of allylic oxidation sites excluding steroid dienone is 1. The summed E-state index contributed by atoms with van der Waals surface area (Å²) in [7, 11) is 0. The van der Waals surface area contributed by atoms with Crippen molar-refractivity contribution in [3.63, 3.8) is 0 Å². The minimum Gasteiger partial charge on any atom is -0.489 e. The zero-order chi connectivity index (χ0) is 27.5. The van der Waals surface area contributed by atoms with Crippen LogP contribution in [-0.4, -0.2) is 46.9 Å². The molecule has 6 nitrogen and oxygen atoms in total. The number of aryl methyl sites for hydroxylation is 1. The van der Waals surface area contributed by atoms with Crippen LogP contribution >= 0.6 is 11.6 Å². The molecule has 2 heterocycles. The van der Waals surface area contributed by atoms with E-state index in [9.17, 15) is 4.79 Å². The Morgan fingerprint density at radius 2 is 1.97 bits per heavy atom. The normalized spacial score (nSPS) is 18.4. The van der Waals surface area contributed by atoms with Gasteiger partial charge in [0.1, 0.15) is 12.4 Å². The van der Waals surface area contributed by atoms with Crippen molar-refractivity contribution in [3.05, 3.63) is 63.8 Å². The lowest BCUT2D eigenvalue weighted by molar-refractivity contribution is -0.148. The number of hydrogen-bond donors (Lipinski definition) is 0. The molecule has 1 aliphatic heterocycles. The van der Waals surface area contributed by atoms with Crippen molar-refractivity contribution < 1.29 is 14.3 Å². The largest absolute Gasteiger partial charge is 0.489 e. The Balaban J connectivity index is 1.22. The number of carbonyl (C=O) groups excluding carboxylic acids is 1. The number of likely N-dealkylation sites (tertiary alicyclic amines) is 1. The summed E-state index contributed by atoms with van der Waals surface area (Å²) < 4.78 is 13.4. The molecular weight excluding hydrogens is 510 g/mol. The Bertz CT molecular complexity index is 1380. The predicted octanol–water partition coefficient (Wildman–Crippen LogP) is 7.23. The summed E-state index contributed by atoms with van der Waals surface area (Å²) in [4.78, 5) is 14.7. The molecule has 1 aromatic heterocycles. The smallest absolute Gasteiger partial charge is 0.308 e. The van der Waals surface area contributed by atoms with Gasteiger partial charge in [0.25, 0.3) is 0 Å². The van der Waals surface area contributed by atoms with E-state index in [-0.39, 0.29) is 17.9 Å². The molecule has 1 aliphatic carbocycles. The Morgan fingerprint density at radius 1 is 1.13 bits per heavy atom. The predicted molar refractivity (Wildman–Crippen MR) is 157 cm³/mol. The molecule has 1 fully saturated rings. The fourth-order valence-corrected chi connectivity index (χ4v) is 6.21. The molecule has 1 saturated heterocycles. The molecule has 1 unspecified atom stereocenters. The van der Waals surface area contributed by atoms with E-state index in [1.165, 1.54) is 22.3 Å².